The molecule has 0 spiro atoms. The maximum Gasteiger partial charge on any atom is 0.350 e. The van der Waals surface area contributed by atoms with Crippen molar-refractivity contribution in [2.75, 3.05) is 5.75 Å². The van der Waals surface area contributed by atoms with Gasteiger partial charge in [-0.2, -0.15) is 0 Å². The van der Waals surface area contributed by atoms with Crippen molar-refractivity contribution in [2.45, 2.75) is 70.1 Å². The molecule has 1 aliphatic rings. The van der Waals surface area contributed by atoms with Gasteiger partial charge in [-0.15, -0.1) is 11.8 Å². The number of phenols is 1. The molecule has 0 amide bonds. The van der Waals surface area contributed by atoms with E-state index in [-0.39, 0.29) is 11.4 Å². The van der Waals surface area contributed by atoms with Crippen LogP contribution in [0.2, 0.25) is 0 Å². The monoisotopic (exact) mass is 360 g/mol. The molecule has 0 radical (unpaired) electrons. The summed E-state index contributed by atoms with van der Waals surface area (Å²) in [4.78, 5) is 13.0. The minimum absolute atomic E-state index is 0.252. The van der Waals surface area contributed by atoms with E-state index in [9.17, 15) is 9.90 Å². The Morgan fingerprint density at radius 3 is 2.84 bits per heavy atom. The average molecular weight is 361 g/mol. The molecule has 136 valence electrons. The summed E-state index contributed by atoms with van der Waals surface area (Å²) in [6.45, 7) is 6.68. The largest absolute Gasteiger partial charge is 0.507 e. The van der Waals surface area contributed by atoms with Crippen LogP contribution in [0.4, 0.5) is 0 Å². The number of unbranched alkanes of at least 4 members (excludes halogenated alkanes) is 2. The van der Waals surface area contributed by atoms with Crippen LogP contribution in [0.5, 0.6) is 5.75 Å². The van der Waals surface area contributed by atoms with Gasteiger partial charge in [0, 0.05) is 0 Å². The Morgan fingerprint density at radius 1 is 1.28 bits per heavy atom. The highest BCUT2D eigenvalue weighted by Gasteiger charge is 2.23. The summed E-state index contributed by atoms with van der Waals surface area (Å²) in [5.74, 6) is 2.04. The molecule has 0 saturated carbocycles. The number of rotatable bonds is 6. The minimum Gasteiger partial charge on any atom is -0.507 e. The van der Waals surface area contributed by atoms with Crippen LogP contribution in [-0.4, -0.2) is 10.9 Å². The van der Waals surface area contributed by atoms with Gasteiger partial charge in [-0.1, -0.05) is 46.5 Å². The van der Waals surface area contributed by atoms with E-state index in [1.807, 2.05) is 12.1 Å². The predicted octanol–water partition coefficient (Wildman–Crippen LogP) is 5.86. The van der Waals surface area contributed by atoms with Crippen LogP contribution in [0.1, 0.15) is 69.9 Å². The van der Waals surface area contributed by atoms with Crippen molar-refractivity contribution in [2.24, 2.45) is 5.92 Å². The lowest BCUT2D eigenvalue weighted by molar-refractivity contribution is 0.427. The summed E-state index contributed by atoms with van der Waals surface area (Å²) in [5.41, 5.74) is 2.30. The van der Waals surface area contributed by atoms with Crippen LogP contribution in [0, 0.1) is 5.92 Å². The first-order chi connectivity index (χ1) is 12.0. The van der Waals surface area contributed by atoms with E-state index in [0.29, 0.717) is 22.3 Å². The number of hydrogen-bond acceptors (Lipinski definition) is 4. The molecule has 2 unspecified atom stereocenters. The molecule has 1 aliphatic heterocycles. The lowest BCUT2D eigenvalue weighted by Gasteiger charge is -2.22. The highest BCUT2D eigenvalue weighted by Crippen LogP contribution is 2.39. The molecule has 2 atom stereocenters. The number of aromatic hydroxyl groups is 1. The molecule has 4 heteroatoms. The summed E-state index contributed by atoms with van der Waals surface area (Å²) in [5, 5.41) is 11.4. The topological polar surface area (TPSA) is 50.4 Å². The standard InChI is InChI=1S/C21H28O3S/c1-4-5-6-8-13(2)14(3)15-11-17(22)19-16-9-7-10-25-20(16)21(23)24-18(19)12-15/h11-14,22H,4-10H2,1-3H3. The molecule has 0 fully saturated rings. The average Bonchev–Trinajstić information content (AvgIpc) is 2.61. The summed E-state index contributed by atoms with van der Waals surface area (Å²) in [6, 6.07) is 3.85. The third kappa shape index (κ3) is 3.74. The Hall–Kier alpha value is -1.42. The van der Waals surface area contributed by atoms with Crippen molar-refractivity contribution in [3.05, 3.63) is 33.7 Å². The number of fused-ring (bicyclic) bond motifs is 3. The Kier molecular flexibility index (Phi) is 5.78. The van der Waals surface area contributed by atoms with Crippen LogP contribution in [0.15, 0.2) is 26.2 Å². The van der Waals surface area contributed by atoms with Crippen LogP contribution >= 0.6 is 11.8 Å². The van der Waals surface area contributed by atoms with Crippen LogP contribution in [0.25, 0.3) is 11.0 Å². The number of benzene rings is 1. The molecule has 0 saturated heterocycles. The van der Waals surface area contributed by atoms with E-state index in [0.717, 1.165) is 35.1 Å². The molecule has 25 heavy (non-hydrogen) atoms. The fourth-order valence-corrected chi connectivity index (χ4v) is 4.78. The lowest BCUT2D eigenvalue weighted by Crippen LogP contribution is -2.12. The Bertz CT molecular complexity index is 809. The number of aryl methyl sites for hydroxylation is 1. The molecule has 0 aliphatic carbocycles. The Labute approximate surface area is 153 Å². The molecule has 3 rings (SSSR count). The van der Waals surface area contributed by atoms with Crippen LogP contribution in [-0.2, 0) is 6.42 Å². The van der Waals surface area contributed by atoms with Crippen molar-refractivity contribution in [3.63, 3.8) is 0 Å². The zero-order valence-electron chi connectivity index (χ0n) is 15.4. The van der Waals surface area contributed by atoms with E-state index in [2.05, 4.69) is 20.8 Å². The molecule has 2 heterocycles. The molecule has 2 aromatic rings. The first-order valence-electron chi connectivity index (χ1n) is 9.48. The molecule has 1 N–H and O–H groups in total. The van der Waals surface area contributed by atoms with Gasteiger partial charge in [-0.25, -0.2) is 4.79 Å². The first-order valence-corrected chi connectivity index (χ1v) is 10.5. The second kappa shape index (κ2) is 7.86. The van der Waals surface area contributed by atoms with Gasteiger partial charge >= 0.3 is 5.63 Å². The van der Waals surface area contributed by atoms with Gasteiger partial charge in [0.15, 0.2) is 0 Å². The van der Waals surface area contributed by atoms with Gasteiger partial charge in [0.1, 0.15) is 11.3 Å². The number of thioether (sulfide) groups is 1. The summed E-state index contributed by atoms with van der Waals surface area (Å²) >= 11 is 1.55. The second-order valence-electron chi connectivity index (χ2n) is 7.32. The van der Waals surface area contributed by atoms with Crippen molar-refractivity contribution in [1.82, 2.24) is 0 Å². The Morgan fingerprint density at radius 2 is 2.08 bits per heavy atom. The zero-order chi connectivity index (χ0) is 18.0. The maximum absolute atomic E-state index is 12.3. The van der Waals surface area contributed by atoms with Gasteiger partial charge in [-0.05, 0) is 53.7 Å². The molecule has 3 nitrogen and oxygen atoms in total. The molecule has 0 bridgehead atoms. The van der Waals surface area contributed by atoms with E-state index in [1.54, 1.807) is 11.8 Å². The Balaban J connectivity index is 1.98. The lowest BCUT2D eigenvalue weighted by atomic mass is 9.85. The minimum atomic E-state index is -0.257. The van der Waals surface area contributed by atoms with Gasteiger partial charge < -0.3 is 9.52 Å². The zero-order valence-corrected chi connectivity index (χ0v) is 16.2. The molecular weight excluding hydrogens is 332 g/mol. The highest BCUT2D eigenvalue weighted by molar-refractivity contribution is 7.99. The molecule has 1 aromatic heterocycles. The summed E-state index contributed by atoms with van der Waals surface area (Å²) in [7, 11) is 0. The third-order valence-corrected chi connectivity index (χ3v) is 6.72. The second-order valence-corrected chi connectivity index (χ2v) is 8.43. The van der Waals surface area contributed by atoms with E-state index in [4.69, 9.17) is 4.42 Å². The molecular formula is C21H28O3S. The summed E-state index contributed by atoms with van der Waals surface area (Å²) < 4.78 is 5.57. The SMILES string of the molecule is CCCCCC(C)C(C)c1cc(O)c2c3c(c(=O)oc2c1)SCCC3. The fraction of sp³-hybridized carbons (Fsp3) is 0.571. The predicted molar refractivity (Wildman–Crippen MR) is 105 cm³/mol. The smallest absolute Gasteiger partial charge is 0.350 e. The maximum atomic E-state index is 12.3. The van der Waals surface area contributed by atoms with Crippen molar-refractivity contribution >= 4 is 22.7 Å². The van der Waals surface area contributed by atoms with Crippen molar-refractivity contribution in [3.8, 4) is 5.75 Å². The van der Waals surface area contributed by atoms with Gasteiger partial charge in [0.2, 0.25) is 0 Å². The normalized spacial score (nSPS) is 16.6. The van der Waals surface area contributed by atoms with Crippen molar-refractivity contribution in [1.29, 1.82) is 0 Å². The number of hydrogen-bond donors (Lipinski definition) is 1. The molecule has 1 aromatic carbocycles. The van der Waals surface area contributed by atoms with E-state index >= 15 is 0 Å². The van der Waals surface area contributed by atoms with Gasteiger partial charge in [0.25, 0.3) is 0 Å². The number of phenolic OH excluding ortho intramolecular Hbond substituents is 1. The fourth-order valence-electron chi connectivity index (χ4n) is 3.75. The van der Waals surface area contributed by atoms with Gasteiger partial charge in [-0.3, -0.25) is 0 Å². The summed E-state index contributed by atoms with van der Waals surface area (Å²) in [6.07, 6.45) is 6.77. The van der Waals surface area contributed by atoms with E-state index < -0.39 is 0 Å². The highest BCUT2D eigenvalue weighted by atomic mass is 32.2. The van der Waals surface area contributed by atoms with Gasteiger partial charge in [0.05, 0.1) is 10.3 Å². The first kappa shape index (κ1) is 18.4. The van der Waals surface area contributed by atoms with Crippen molar-refractivity contribution < 1.29 is 9.52 Å². The quantitative estimate of drug-likeness (QED) is 0.518. The van der Waals surface area contributed by atoms with E-state index in [1.165, 1.54) is 25.7 Å². The van der Waals surface area contributed by atoms with Crippen LogP contribution < -0.4 is 5.63 Å². The third-order valence-electron chi connectivity index (χ3n) is 5.53. The van der Waals surface area contributed by atoms with Crippen LogP contribution in [0.3, 0.4) is 0 Å².